The van der Waals surface area contributed by atoms with Gasteiger partial charge in [-0.25, -0.2) is 0 Å². The van der Waals surface area contributed by atoms with Crippen LogP contribution in [0.2, 0.25) is 0 Å². The minimum atomic E-state index is 0.163. The van der Waals surface area contributed by atoms with Crippen LogP contribution in [0.15, 0.2) is 60.7 Å². The molecule has 0 aliphatic heterocycles. The number of unbranched alkanes of at least 4 members (excludes halogenated alkanes) is 2. The highest BCUT2D eigenvalue weighted by atomic mass is 16.2. The second kappa shape index (κ2) is 10.4. The van der Waals surface area contributed by atoms with Crippen molar-refractivity contribution in [3.63, 3.8) is 0 Å². The molecule has 1 amide bonds. The van der Waals surface area contributed by atoms with Crippen LogP contribution in [0.4, 0.5) is 0 Å². The number of carbonyl (C=O) groups excluding carboxylic acids is 1. The Labute approximate surface area is 170 Å². The minimum Gasteiger partial charge on any atom is -0.351 e. The smallest absolute Gasteiger partial charge is 0.234 e. The molecule has 1 fully saturated rings. The van der Waals surface area contributed by atoms with Crippen LogP contribution >= 0.6 is 0 Å². The number of hydrogen-bond acceptors (Lipinski definition) is 2. The summed E-state index contributed by atoms with van der Waals surface area (Å²) in [5, 5.41) is 3.35. The molecule has 1 aliphatic rings. The molecular weight excluding hydrogens is 344 g/mol. The van der Waals surface area contributed by atoms with Crippen molar-refractivity contribution >= 4 is 5.91 Å². The summed E-state index contributed by atoms with van der Waals surface area (Å²) in [5.41, 5.74) is 2.63. The van der Waals surface area contributed by atoms with Crippen molar-refractivity contribution < 1.29 is 4.79 Å². The second-order valence-electron chi connectivity index (χ2n) is 7.95. The molecule has 3 nitrogen and oxygen atoms in total. The first-order valence-corrected chi connectivity index (χ1v) is 10.9. The van der Waals surface area contributed by atoms with Gasteiger partial charge in [0.15, 0.2) is 0 Å². The van der Waals surface area contributed by atoms with Gasteiger partial charge in [-0.15, -0.1) is 0 Å². The van der Waals surface area contributed by atoms with Crippen molar-refractivity contribution in [2.45, 2.75) is 57.4 Å². The Hall–Kier alpha value is -2.13. The number of nitrogens with zero attached hydrogens (tertiary/aromatic N) is 1. The van der Waals surface area contributed by atoms with E-state index in [1.807, 2.05) is 0 Å². The van der Waals surface area contributed by atoms with E-state index in [4.69, 9.17) is 0 Å². The van der Waals surface area contributed by atoms with E-state index in [9.17, 15) is 4.79 Å². The summed E-state index contributed by atoms with van der Waals surface area (Å²) in [6, 6.07) is 21.4. The Morgan fingerprint density at radius 2 is 1.29 bits per heavy atom. The van der Waals surface area contributed by atoms with Gasteiger partial charge in [0.2, 0.25) is 5.91 Å². The zero-order chi connectivity index (χ0) is 19.8. The molecule has 0 saturated heterocycles. The summed E-state index contributed by atoms with van der Waals surface area (Å²) in [6.45, 7) is 6.95. The number of amides is 1. The highest BCUT2D eigenvalue weighted by Crippen LogP contribution is 2.54. The molecule has 2 aromatic rings. The van der Waals surface area contributed by atoms with Crippen molar-refractivity contribution in [1.82, 2.24) is 10.2 Å². The van der Waals surface area contributed by atoms with E-state index in [-0.39, 0.29) is 11.9 Å². The molecule has 3 heteroatoms. The summed E-state index contributed by atoms with van der Waals surface area (Å²) in [7, 11) is 0. The van der Waals surface area contributed by atoms with E-state index < -0.39 is 0 Å². The van der Waals surface area contributed by atoms with Crippen LogP contribution in [-0.4, -0.2) is 36.5 Å². The van der Waals surface area contributed by atoms with Gasteiger partial charge in [0.1, 0.15) is 0 Å². The number of nitrogens with one attached hydrogen (secondary N) is 1. The van der Waals surface area contributed by atoms with Gasteiger partial charge in [-0.3, -0.25) is 9.69 Å². The van der Waals surface area contributed by atoms with E-state index in [1.165, 1.54) is 24.0 Å². The molecule has 0 radical (unpaired) electrons. The maximum Gasteiger partial charge on any atom is 0.234 e. The molecule has 1 N–H and O–H groups in total. The molecule has 0 aromatic heterocycles. The van der Waals surface area contributed by atoms with E-state index in [0.29, 0.717) is 18.4 Å². The Morgan fingerprint density at radius 3 is 1.71 bits per heavy atom. The highest BCUT2D eigenvalue weighted by Gasteiger charge is 2.52. The molecular formula is C25H34N2O. The first kappa shape index (κ1) is 20.6. The van der Waals surface area contributed by atoms with Gasteiger partial charge in [-0.05, 0) is 37.1 Å². The number of rotatable bonds is 11. The molecule has 0 unspecified atom stereocenters. The van der Waals surface area contributed by atoms with Crippen LogP contribution in [-0.2, 0) is 4.79 Å². The monoisotopic (exact) mass is 378 g/mol. The number of benzene rings is 2. The third kappa shape index (κ3) is 5.45. The van der Waals surface area contributed by atoms with Crippen molar-refractivity contribution in [1.29, 1.82) is 0 Å². The Morgan fingerprint density at radius 1 is 0.821 bits per heavy atom. The van der Waals surface area contributed by atoms with Crippen LogP contribution in [0.25, 0.3) is 0 Å². The Bertz CT molecular complexity index is 662. The van der Waals surface area contributed by atoms with Crippen molar-refractivity contribution in [3.05, 3.63) is 71.8 Å². The van der Waals surface area contributed by atoms with Gasteiger partial charge >= 0.3 is 0 Å². The van der Waals surface area contributed by atoms with E-state index in [1.54, 1.807) is 0 Å². The van der Waals surface area contributed by atoms with Gasteiger partial charge in [0, 0.05) is 17.9 Å². The highest BCUT2D eigenvalue weighted by molar-refractivity contribution is 5.79. The quantitative estimate of drug-likeness (QED) is 0.600. The van der Waals surface area contributed by atoms with Crippen molar-refractivity contribution in [2.24, 2.45) is 0 Å². The molecule has 0 bridgehead atoms. The third-order valence-electron chi connectivity index (χ3n) is 5.74. The average molecular weight is 379 g/mol. The van der Waals surface area contributed by atoms with Crippen molar-refractivity contribution in [3.8, 4) is 0 Å². The number of carbonyl (C=O) groups is 1. The normalized spacial score (nSPS) is 20.9. The molecule has 1 aliphatic carbocycles. The lowest BCUT2D eigenvalue weighted by Crippen LogP contribution is -2.39. The minimum absolute atomic E-state index is 0.163. The standard InChI is InChI=1S/C25H34N2O/c1-3-5-17-27(18-6-4-2)19-22(28)26-25-23(20-13-9-7-10-14-20)24(25)21-15-11-8-12-16-21/h7-16,23-25H,3-6,17-19H2,1-2H3,(H,26,28)/t23-,24+,25+. The molecule has 150 valence electrons. The largest absolute Gasteiger partial charge is 0.351 e. The lowest BCUT2D eigenvalue weighted by atomic mass is 10.0. The van der Waals surface area contributed by atoms with E-state index in [0.717, 1.165) is 25.9 Å². The molecule has 2 aromatic carbocycles. The van der Waals surface area contributed by atoms with Crippen LogP contribution in [0, 0.1) is 0 Å². The summed E-state index contributed by atoms with van der Waals surface area (Å²) in [4.78, 5) is 15.2. The van der Waals surface area contributed by atoms with Crippen LogP contribution in [0.1, 0.15) is 62.5 Å². The lowest BCUT2D eigenvalue weighted by molar-refractivity contribution is -0.122. The van der Waals surface area contributed by atoms with Gasteiger partial charge in [-0.2, -0.15) is 0 Å². The molecule has 0 spiro atoms. The van der Waals surface area contributed by atoms with Gasteiger partial charge in [0.05, 0.1) is 6.54 Å². The van der Waals surface area contributed by atoms with Gasteiger partial charge in [0.25, 0.3) is 0 Å². The summed E-state index contributed by atoms with van der Waals surface area (Å²) < 4.78 is 0. The molecule has 0 heterocycles. The third-order valence-corrected chi connectivity index (χ3v) is 5.74. The molecule has 28 heavy (non-hydrogen) atoms. The lowest BCUT2D eigenvalue weighted by Gasteiger charge is -2.21. The maximum atomic E-state index is 12.8. The summed E-state index contributed by atoms with van der Waals surface area (Å²) in [5.74, 6) is 0.899. The number of hydrogen-bond donors (Lipinski definition) is 1. The fraction of sp³-hybridized carbons (Fsp3) is 0.480. The van der Waals surface area contributed by atoms with Gasteiger partial charge < -0.3 is 5.32 Å². The van der Waals surface area contributed by atoms with Crippen molar-refractivity contribution in [2.75, 3.05) is 19.6 Å². The van der Waals surface area contributed by atoms with Crippen LogP contribution in [0.5, 0.6) is 0 Å². The van der Waals surface area contributed by atoms with E-state index in [2.05, 4.69) is 84.7 Å². The Balaban J connectivity index is 1.65. The average Bonchev–Trinajstić information content (AvgIpc) is 3.44. The predicted octanol–water partition coefficient (Wildman–Crippen LogP) is 4.95. The topological polar surface area (TPSA) is 32.3 Å². The van der Waals surface area contributed by atoms with E-state index >= 15 is 0 Å². The SMILES string of the molecule is CCCCN(CCCC)CC(=O)N[C@@H]1[C@@H](c2ccccc2)[C@H]1c1ccccc1. The zero-order valence-corrected chi connectivity index (χ0v) is 17.3. The van der Waals surface area contributed by atoms with Crippen LogP contribution < -0.4 is 5.32 Å². The molecule has 3 atom stereocenters. The second-order valence-corrected chi connectivity index (χ2v) is 7.95. The first-order chi connectivity index (χ1) is 13.7. The predicted molar refractivity (Wildman–Crippen MR) is 117 cm³/mol. The zero-order valence-electron chi connectivity index (χ0n) is 17.3. The fourth-order valence-electron chi connectivity index (χ4n) is 4.14. The molecule has 1 saturated carbocycles. The maximum absolute atomic E-state index is 12.8. The van der Waals surface area contributed by atoms with Crippen LogP contribution in [0.3, 0.4) is 0 Å². The summed E-state index contributed by atoms with van der Waals surface area (Å²) in [6.07, 6.45) is 4.64. The summed E-state index contributed by atoms with van der Waals surface area (Å²) >= 11 is 0. The Kier molecular flexibility index (Phi) is 7.67. The molecule has 3 rings (SSSR count). The van der Waals surface area contributed by atoms with Gasteiger partial charge in [-0.1, -0.05) is 87.4 Å². The fourth-order valence-corrected chi connectivity index (χ4v) is 4.14. The first-order valence-electron chi connectivity index (χ1n) is 10.9.